The van der Waals surface area contributed by atoms with Gasteiger partial charge in [-0.2, -0.15) is 23.5 Å². The molecule has 4 heterocycles. The minimum absolute atomic E-state index is 0.0287. The number of para-hydroxylation sites is 2. The Kier molecular flexibility index (Phi) is 21.8. The van der Waals surface area contributed by atoms with Crippen LogP contribution in [0, 0.1) is 0 Å². The van der Waals surface area contributed by atoms with E-state index in [2.05, 4.69) is 31.2 Å². The van der Waals surface area contributed by atoms with Gasteiger partial charge in [0.2, 0.25) is 39.8 Å². The number of nitrogens with zero attached hydrogens (tertiary/aromatic N) is 6. The summed E-state index contributed by atoms with van der Waals surface area (Å²) in [6, 6.07) is 8.50. The zero-order chi connectivity index (χ0) is 55.4. The van der Waals surface area contributed by atoms with Crippen LogP contribution in [0.5, 0.6) is 11.5 Å². The molecular formula is C48H58N10O12S6. The fraction of sp³-hybridized carbons (Fsp3) is 0.438. The highest BCUT2D eigenvalue weighted by Gasteiger charge is 2.40. The summed E-state index contributed by atoms with van der Waals surface area (Å²) in [5, 5.41) is 44.0. The third-order valence-corrected chi connectivity index (χ3v) is 18.4. The number of likely N-dealkylation sites (N-methyl/N-ethyl adjacent to an activating group) is 4. The minimum Gasteiger partial charge on any atom is -0.505 e. The van der Waals surface area contributed by atoms with Gasteiger partial charge in [0.25, 0.3) is 11.8 Å². The molecule has 4 aromatic rings. The maximum atomic E-state index is 14.7. The van der Waals surface area contributed by atoms with Crippen molar-refractivity contribution in [3.63, 3.8) is 0 Å². The lowest BCUT2D eigenvalue weighted by Crippen LogP contribution is -2.59. The molecule has 2 aliphatic heterocycles. The first kappa shape index (κ1) is 59.7. The van der Waals surface area contributed by atoms with Crippen LogP contribution in [0.3, 0.4) is 0 Å². The number of amides is 7. The molecule has 0 radical (unpaired) electrons. The lowest BCUT2D eigenvalue weighted by Gasteiger charge is -2.39. The number of pyridine rings is 2. The number of fused-ring (bicyclic) bond motifs is 7. The number of aromatic hydroxyl groups is 2. The number of carbonyl (C=O) groups is 9. The van der Waals surface area contributed by atoms with Gasteiger partial charge in [-0.05, 0) is 43.8 Å². The lowest BCUT2D eigenvalue weighted by molar-refractivity contribution is -0.144. The van der Waals surface area contributed by atoms with Crippen LogP contribution in [0.1, 0.15) is 21.0 Å². The van der Waals surface area contributed by atoms with Crippen molar-refractivity contribution in [2.75, 3.05) is 88.3 Å². The molecule has 22 nitrogen and oxygen atoms in total. The largest absolute Gasteiger partial charge is 0.505 e. The number of hydrogen-bond acceptors (Lipinski definition) is 21. The van der Waals surface area contributed by atoms with Crippen molar-refractivity contribution in [1.82, 2.24) is 50.8 Å². The number of aliphatic hydroxyl groups is 1. The van der Waals surface area contributed by atoms with E-state index < -0.39 is 142 Å². The Balaban J connectivity index is 1.36. The first-order valence-corrected chi connectivity index (χ1v) is 30.6. The zero-order valence-corrected chi connectivity index (χ0v) is 47.0. The van der Waals surface area contributed by atoms with E-state index in [-0.39, 0.29) is 23.0 Å². The normalized spacial score (nSPS) is 24.0. The van der Waals surface area contributed by atoms with Gasteiger partial charge < -0.3 is 51.3 Å². The highest BCUT2D eigenvalue weighted by atomic mass is 33.1. The monoisotopic (exact) mass is 1160 g/mol. The Labute approximate surface area is 462 Å². The molecule has 0 saturated carbocycles. The van der Waals surface area contributed by atoms with Gasteiger partial charge in [-0.15, -0.1) is 0 Å². The molecule has 7 atom stereocenters. The zero-order valence-electron chi connectivity index (χ0n) is 42.1. The highest BCUT2D eigenvalue weighted by molar-refractivity contribution is 8.76. The number of hydrogen-bond donors (Lipinski definition) is 7. The van der Waals surface area contributed by atoms with Gasteiger partial charge in [0.1, 0.15) is 41.9 Å². The molecule has 0 aliphatic carbocycles. The molecule has 408 valence electrons. The Bertz CT molecular complexity index is 2850. The van der Waals surface area contributed by atoms with Crippen molar-refractivity contribution in [2.24, 2.45) is 0 Å². The van der Waals surface area contributed by atoms with Gasteiger partial charge in [-0.25, -0.2) is 9.97 Å². The summed E-state index contributed by atoms with van der Waals surface area (Å²) in [4.78, 5) is 141. The number of nitrogens with one attached hydrogen (secondary N) is 4. The molecule has 2 aromatic heterocycles. The first-order chi connectivity index (χ1) is 36.2. The van der Waals surface area contributed by atoms with E-state index in [9.17, 15) is 58.5 Å². The van der Waals surface area contributed by atoms with Crippen LogP contribution < -0.4 is 21.3 Å². The minimum atomic E-state index is -1.57. The maximum absolute atomic E-state index is 14.7. The van der Waals surface area contributed by atoms with Gasteiger partial charge >= 0.3 is 0 Å². The SMILES string of the molecule is CSC[C@H]1C(=O)SCC(NC(=O)c2nc3ccccc3cc2O)C(=O)NCC(=O)N(C)C2CSSCC(C(=O)N1C)N(C)C(=O)CNC(=O)C(NC(=O)c1nc3ccccc3cc1O)CSC(=O)[C@H](CSC)N(C)C2O. The van der Waals surface area contributed by atoms with E-state index in [1.54, 1.807) is 61.0 Å². The number of benzene rings is 2. The predicted molar refractivity (Wildman–Crippen MR) is 299 cm³/mol. The number of aromatic nitrogens is 2. The number of carbonyl (C=O) groups excluding carboxylic acids is 9. The second kappa shape index (κ2) is 27.7. The molecule has 76 heavy (non-hydrogen) atoms. The molecule has 2 aromatic carbocycles. The quantitative estimate of drug-likeness (QED) is 0.121. The summed E-state index contributed by atoms with van der Waals surface area (Å²) in [5.41, 5.74) is -0.0658. The molecule has 5 unspecified atom stereocenters. The van der Waals surface area contributed by atoms with Crippen LogP contribution in [0.25, 0.3) is 21.8 Å². The molecule has 28 heteroatoms. The van der Waals surface area contributed by atoms with E-state index >= 15 is 0 Å². The molecule has 2 bridgehead atoms. The van der Waals surface area contributed by atoms with Crippen LogP contribution in [-0.2, 0) is 33.6 Å². The van der Waals surface area contributed by atoms with Crippen molar-refractivity contribution in [1.29, 1.82) is 0 Å². The molecule has 7 N–H and O–H groups in total. The van der Waals surface area contributed by atoms with E-state index in [0.717, 1.165) is 26.5 Å². The highest BCUT2D eigenvalue weighted by Crippen LogP contribution is 2.30. The Hall–Kier alpha value is -5.49. The predicted octanol–water partition coefficient (Wildman–Crippen LogP) is 1.08. The van der Waals surface area contributed by atoms with Crippen molar-refractivity contribution in [3.05, 3.63) is 72.1 Å². The van der Waals surface area contributed by atoms with E-state index in [1.807, 2.05) is 0 Å². The van der Waals surface area contributed by atoms with Gasteiger partial charge in [0.15, 0.2) is 11.4 Å². The molecule has 6 rings (SSSR count). The molecular weight excluding hydrogens is 1100 g/mol. The molecule has 2 saturated heterocycles. The maximum Gasteiger partial charge on any atom is 0.274 e. The van der Waals surface area contributed by atoms with Crippen LogP contribution in [0.4, 0.5) is 0 Å². The van der Waals surface area contributed by atoms with Crippen LogP contribution in [-0.4, -0.2) is 227 Å². The van der Waals surface area contributed by atoms with Crippen molar-refractivity contribution in [2.45, 2.75) is 42.5 Å². The van der Waals surface area contributed by atoms with Crippen molar-refractivity contribution < 1.29 is 58.5 Å². The topological polar surface area (TPSA) is 301 Å². The fourth-order valence-corrected chi connectivity index (χ4v) is 14.1. The number of thioether (sulfide) groups is 4. The molecule has 0 spiro atoms. The average Bonchev–Trinajstić information content (AvgIpc) is 3.41. The molecule has 2 fully saturated rings. The Morgan fingerprint density at radius 3 is 1.59 bits per heavy atom. The summed E-state index contributed by atoms with van der Waals surface area (Å²) in [7, 11) is 7.89. The lowest BCUT2D eigenvalue weighted by atomic mass is 10.1. The summed E-state index contributed by atoms with van der Waals surface area (Å²) in [6.07, 6.45) is 1.89. The van der Waals surface area contributed by atoms with Crippen molar-refractivity contribution >= 4 is 142 Å². The number of aliphatic hydroxyl groups excluding tert-OH is 1. The third-order valence-electron chi connectivity index (χ3n) is 12.5. The smallest absolute Gasteiger partial charge is 0.274 e. The van der Waals surface area contributed by atoms with Gasteiger partial charge in [-0.1, -0.05) is 81.5 Å². The second-order valence-electron chi connectivity index (χ2n) is 17.5. The average molecular weight is 1160 g/mol. The molecule has 7 amide bonds. The standard InChI is InChI=1S/C48H58N10O12S6/c1-55-31-23-75-76-24-32(46(68)58(4)34(22-72-6)48(70)74-19-29(41(63)49-17-37(55)61)53-43(65)39-35(59)15-25-11-7-9-13-27(25)51-39)56(2)38(62)18-50-42(64)30(20-73-47(69)33(21-71-5)57(3)45(31)67)54-44(66)40-36(60)16-26-12-8-10-14-28(26)52-40/h7-16,29-34,45,59-60,67H,17-24H2,1-6H3,(H,49,63)(H,50,64)(H,53,65)(H,54,66)/t29?,30?,31?,32?,33-,34-,45?/m0/s1. The van der Waals surface area contributed by atoms with E-state index in [4.69, 9.17) is 0 Å². The van der Waals surface area contributed by atoms with Crippen molar-refractivity contribution in [3.8, 4) is 11.5 Å². The summed E-state index contributed by atoms with van der Waals surface area (Å²) >= 11 is 3.81. The van der Waals surface area contributed by atoms with E-state index in [1.165, 1.54) is 78.5 Å². The van der Waals surface area contributed by atoms with Gasteiger partial charge in [0, 0.05) is 66.4 Å². The second-order valence-corrected chi connectivity index (χ2v) is 23.9. The first-order valence-electron chi connectivity index (χ1n) is 23.3. The molecule has 2 aliphatic rings. The van der Waals surface area contributed by atoms with Gasteiger partial charge in [-0.3, -0.25) is 48.1 Å². The summed E-state index contributed by atoms with van der Waals surface area (Å²) in [5.74, 6) is -7.55. The Morgan fingerprint density at radius 2 is 1.09 bits per heavy atom. The van der Waals surface area contributed by atoms with Crippen LogP contribution in [0.15, 0.2) is 60.7 Å². The summed E-state index contributed by atoms with van der Waals surface area (Å²) < 4.78 is 0. The third kappa shape index (κ3) is 14.7. The van der Waals surface area contributed by atoms with Gasteiger partial charge in [0.05, 0.1) is 36.2 Å². The van der Waals surface area contributed by atoms with Crippen LogP contribution >= 0.6 is 68.6 Å². The summed E-state index contributed by atoms with van der Waals surface area (Å²) in [6.45, 7) is -1.34. The number of rotatable bonds is 8. The van der Waals surface area contributed by atoms with E-state index in [0.29, 0.717) is 45.3 Å². The fourth-order valence-electron chi connectivity index (χ4n) is 7.89. The Morgan fingerprint density at radius 1 is 0.645 bits per heavy atom. The van der Waals surface area contributed by atoms with Crippen LogP contribution in [0.2, 0.25) is 0 Å².